The molecule has 0 bridgehead atoms. The molecule has 1 saturated carbocycles. The Morgan fingerprint density at radius 3 is 2.11 bits per heavy atom. The van der Waals surface area contributed by atoms with Gasteiger partial charge in [-0.25, -0.2) is 9.59 Å². The molecule has 0 unspecified atom stereocenters. The van der Waals surface area contributed by atoms with Crippen LogP contribution >= 0.6 is 0 Å². The van der Waals surface area contributed by atoms with Crippen molar-refractivity contribution in [3.8, 4) is 0 Å². The maximum atomic E-state index is 11.1. The molecule has 0 aliphatic heterocycles. The van der Waals surface area contributed by atoms with Gasteiger partial charge in [-0.2, -0.15) is 0 Å². The van der Waals surface area contributed by atoms with Crippen molar-refractivity contribution in [2.24, 2.45) is 0 Å². The molecule has 1 fully saturated rings. The monoisotopic (exact) mass is 254 g/mol. The lowest BCUT2D eigenvalue weighted by atomic mass is 9.98. The number of ether oxygens (including phenoxy) is 2. The lowest BCUT2D eigenvalue weighted by Gasteiger charge is -2.21. The minimum atomic E-state index is -0.394. The van der Waals surface area contributed by atoms with E-state index < -0.39 is 5.97 Å². The Morgan fingerprint density at radius 1 is 1.22 bits per heavy atom. The summed E-state index contributed by atoms with van der Waals surface area (Å²) in [6.45, 7) is 8.39. The molecule has 0 saturated heterocycles. The van der Waals surface area contributed by atoms with E-state index in [2.05, 4.69) is 17.9 Å². The highest BCUT2D eigenvalue weighted by Crippen LogP contribution is 2.20. The number of rotatable bonds is 3. The predicted molar refractivity (Wildman–Crippen MR) is 70.0 cm³/mol. The SMILES string of the molecule is C=C(C)C(=O)OC1CCCCC1.C=CC(=O)OC. The number of hydrogen-bond donors (Lipinski definition) is 0. The van der Waals surface area contributed by atoms with E-state index in [4.69, 9.17) is 4.74 Å². The summed E-state index contributed by atoms with van der Waals surface area (Å²) in [5.41, 5.74) is 0.501. The molecule has 0 aromatic heterocycles. The normalized spacial score (nSPS) is 14.8. The molecule has 4 nitrogen and oxygen atoms in total. The second-order valence-electron chi connectivity index (χ2n) is 4.17. The van der Waals surface area contributed by atoms with Crippen LogP contribution in [0, 0.1) is 0 Å². The van der Waals surface area contributed by atoms with E-state index in [0.717, 1.165) is 18.9 Å². The molecule has 18 heavy (non-hydrogen) atoms. The van der Waals surface area contributed by atoms with Gasteiger partial charge in [0, 0.05) is 11.6 Å². The van der Waals surface area contributed by atoms with Gasteiger partial charge < -0.3 is 9.47 Å². The molecular weight excluding hydrogens is 232 g/mol. The molecule has 0 amide bonds. The smallest absolute Gasteiger partial charge is 0.333 e. The van der Waals surface area contributed by atoms with Crippen molar-refractivity contribution in [1.29, 1.82) is 0 Å². The van der Waals surface area contributed by atoms with Crippen LogP contribution in [0.25, 0.3) is 0 Å². The highest BCUT2D eigenvalue weighted by molar-refractivity contribution is 5.87. The predicted octanol–water partition coefficient (Wildman–Crippen LogP) is 2.78. The van der Waals surface area contributed by atoms with Crippen molar-refractivity contribution < 1.29 is 19.1 Å². The molecule has 1 aliphatic rings. The Morgan fingerprint density at radius 2 is 1.78 bits per heavy atom. The summed E-state index contributed by atoms with van der Waals surface area (Å²) in [5.74, 6) is -0.628. The fourth-order valence-electron chi connectivity index (χ4n) is 1.52. The highest BCUT2D eigenvalue weighted by Gasteiger charge is 2.17. The van der Waals surface area contributed by atoms with Gasteiger partial charge in [-0.15, -0.1) is 0 Å². The zero-order valence-corrected chi connectivity index (χ0v) is 11.2. The maximum absolute atomic E-state index is 11.1. The summed E-state index contributed by atoms with van der Waals surface area (Å²) in [7, 11) is 1.31. The molecule has 4 heteroatoms. The Hall–Kier alpha value is -1.58. The first-order valence-corrected chi connectivity index (χ1v) is 6.08. The van der Waals surface area contributed by atoms with Gasteiger partial charge >= 0.3 is 11.9 Å². The van der Waals surface area contributed by atoms with Crippen LogP contribution in [0.2, 0.25) is 0 Å². The lowest BCUT2D eigenvalue weighted by molar-refractivity contribution is -0.145. The molecule has 0 spiro atoms. The summed E-state index contributed by atoms with van der Waals surface area (Å²) >= 11 is 0. The van der Waals surface area contributed by atoms with Crippen molar-refractivity contribution >= 4 is 11.9 Å². The Kier molecular flexibility index (Phi) is 8.62. The van der Waals surface area contributed by atoms with E-state index in [9.17, 15) is 9.59 Å². The fraction of sp³-hybridized carbons (Fsp3) is 0.571. The minimum absolute atomic E-state index is 0.156. The van der Waals surface area contributed by atoms with E-state index in [1.165, 1.54) is 26.4 Å². The van der Waals surface area contributed by atoms with Crippen LogP contribution in [0.1, 0.15) is 39.0 Å². The number of carbonyl (C=O) groups is 2. The third-order valence-corrected chi connectivity index (χ3v) is 2.54. The first kappa shape index (κ1) is 16.4. The molecular formula is C14H22O4. The molecule has 0 atom stereocenters. The molecule has 1 aliphatic carbocycles. The van der Waals surface area contributed by atoms with Crippen LogP contribution < -0.4 is 0 Å². The standard InChI is InChI=1S/C10H16O2.C4H6O2/c1-8(2)10(11)12-9-6-4-3-5-7-9;1-3-4(5)6-2/h9H,1,3-7H2,2H3;3H,1H2,2H3. The molecule has 1 rings (SSSR count). The van der Waals surface area contributed by atoms with E-state index in [1.807, 2.05) is 0 Å². The van der Waals surface area contributed by atoms with Gasteiger partial charge in [0.25, 0.3) is 0 Å². The Balaban J connectivity index is 0.000000411. The van der Waals surface area contributed by atoms with Crippen molar-refractivity contribution in [2.75, 3.05) is 7.11 Å². The van der Waals surface area contributed by atoms with E-state index in [1.54, 1.807) is 6.92 Å². The van der Waals surface area contributed by atoms with Gasteiger partial charge in [0.05, 0.1) is 7.11 Å². The first-order chi connectivity index (χ1) is 8.51. The van der Waals surface area contributed by atoms with Crippen LogP contribution in [0.4, 0.5) is 0 Å². The molecule has 0 aromatic carbocycles. The summed E-state index contributed by atoms with van der Waals surface area (Å²) in [5, 5.41) is 0. The van der Waals surface area contributed by atoms with Gasteiger partial charge in [-0.05, 0) is 32.6 Å². The van der Waals surface area contributed by atoms with Gasteiger partial charge in [-0.3, -0.25) is 0 Å². The second kappa shape index (κ2) is 9.45. The van der Waals surface area contributed by atoms with Crippen molar-refractivity contribution in [3.05, 3.63) is 24.8 Å². The summed E-state index contributed by atoms with van der Waals surface area (Å²) < 4.78 is 9.36. The largest absolute Gasteiger partial charge is 0.466 e. The van der Waals surface area contributed by atoms with Gasteiger partial charge in [0.15, 0.2) is 0 Å². The first-order valence-electron chi connectivity index (χ1n) is 6.08. The quantitative estimate of drug-likeness (QED) is 0.574. The molecule has 0 N–H and O–H groups in total. The summed E-state index contributed by atoms with van der Waals surface area (Å²) in [4.78, 5) is 20.9. The third-order valence-electron chi connectivity index (χ3n) is 2.54. The summed E-state index contributed by atoms with van der Waals surface area (Å²) in [6.07, 6.45) is 6.98. The average molecular weight is 254 g/mol. The van der Waals surface area contributed by atoms with Crippen LogP contribution in [0.3, 0.4) is 0 Å². The summed E-state index contributed by atoms with van der Waals surface area (Å²) in [6, 6.07) is 0. The highest BCUT2D eigenvalue weighted by atomic mass is 16.5. The van der Waals surface area contributed by atoms with E-state index in [0.29, 0.717) is 5.57 Å². The van der Waals surface area contributed by atoms with Crippen molar-refractivity contribution in [2.45, 2.75) is 45.1 Å². The zero-order chi connectivity index (χ0) is 14.0. The fourth-order valence-corrected chi connectivity index (χ4v) is 1.52. The molecule has 102 valence electrons. The topological polar surface area (TPSA) is 52.6 Å². The van der Waals surface area contributed by atoms with Gasteiger partial charge in [0.1, 0.15) is 6.10 Å². The van der Waals surface area contributed by atoms with Crippen molar-refractivity contribution in [3.63, 3.8) is 0 Å². The second-order valence-corrected chi connectivity index (χ2v) is 4.17. The number of hydrogen-bond acceptors (Lipinski definition) is 4. The maximum Gasteiger partial charge on any atom is 0.333 e. The number of esters is 2. The zero-order valence-electron chi connectivity index (χ0n) is 11.2. The molecule has 0 radical (unpaired) electrons. The Bertz CT molecular complexity index is 301. The third kappa shape index (κ3) is 7.65. The molecule has 0 aromatic rings. The van der Waals surface area contributed by atoms with E-state index >= 15 is 0 Å². The van der Waals surface area contributed by atoms with Crippen LogP contribution in [-0.2, 0) is 19.1 Å². The van der Waals surface area contributed by atoms with Crippen molar-refractivity contribution in [1.82, 2.24) is 0 Å². The number of carbonyl (C=O) groups excluding carboxylic acids is 2. The minimum Gasteiger partial charge on any atom is -0.466 e. The van der Waals surface area contributed by atoms with Crippen LogP contribution in [0.15, 0.2) is 24.8 Å². The van der Waals surface area contributed by atoms with Gasteiger partial charge in [0.2, 0.25) is 0 Å². The number of methoxy groups -OCH3 is 1. The van der Waals surface area contributed by atoms with Gasteiger partial charge in [-0.1, -0.05) is 19.6 Å². The Labute approximate surface area is 109 Å². The van der Waals surface area contributed by atoms with E-state index in [-0.39, 0.29) is 12.1 Å². The average Bonchev–Trinajstić information content (AvgIpc) is 2.39. The molecule has 0 heterocycles. The lowest BCUT2D eigenvalue weighted by Crippen LogP contribution is -2.20. The van der Waals surface area contributed by atoms with Crippen LogP contribution in [-0.4, -0.2) is 25.2 Å². The van der Waals surface area contributed by atoms with Crippen LogP contribution in [0.5, 0.6) is 0 Å².